The van der Waals surface area contributed by atoms with Crippen LogP contribution in [-0.2, 0) is 30.4 Å². The first-order valence-electron chi connectivity index (χ1n) is 9.86. The molecule has 0 radical (unpaired) electrons. The van der Waals surface area contributed by atoms with Gasteiger partial charge in [-0.15, -0.1) is 5.06 Å². The fraction of sp³-hybridized carbons (Fsp3) is 0.227. The van der Waals surface area contributed by atoms with Crippen molar-refractivity contribution in [2.75, 3.05) is 0 Å². The predicted octanol–water partition coefficient (Wildman–Crippen LogP) is 3.23. The molecule has 34 heavy (non-hydrogen) atoms. The number of hydroxylamine groups is 2. The monoisotopic (exact) mass is 491 g/mol. The second-order valence-electron chi connectivity index (χ2n) is 7.35. The maximum absolute atomic E-state index is 14.8. The Kier molecular flexibility index (Phi) is 5.96. The number of esters is 1. The molecule has 1 aliphatic heterocycles. The quantitative estimate of drug-likeness (QED) is 0.228. The summed E-state index contributed by atoms with van der Waals surface area (Å²) in [6.45, 7) is 2.58. The summed E-state index contributed by atoms with van der Waals surface area (Å²) in [7, 11) is 0. The number of hydrogen-bond acceptors (Lipinski definition) is 9. The molecule has 10 nitrogen and oxygen atoms in total. The Morgan fingerprint density at radius 1 is 1.15 bits per heavy atom. The van der Waals surface area contributed by atoms with Crippen LogP contribution in [0.4, 0.5) is 4.39 Å². The van der Waals surface area contributed by atoms with Crippen LogP contribution in [-0.4, -0.2) is 28.8 Å². The zero-order chi connectivity index (χ0) is 24.7. The van der Waals surface area contributed by atoms with E-state index in [1.54, 1.807) is 0 Å². The van der Waals surface area contributed by atoms with Gasteiger partial charge in [-0.1, -0.05) is 11.6 Å². The Bertz CT molecular complexity index is 1420. The lowest BCUT2D eigenvalue weighted by Crippen LogP contribution is -2.32. The summed E-state index contributed by atoms with van der Waals surface area (Å²) in [6, 6.07) is 4.07. The minimum Gasteiger partial charge on any atom is -0.460 e. The summed E-state index contributed by atoms with van der Waals surface area (Å²) in [5.41, 5.74) is -1.19. The molecule has 1 aliphatic rings. The Labute approximate surface area is 194 Å². The lowest BCUT2D eigenvalue weighted by Gasteiger charge is -2.12. The van der Waals surface area contributed by atoms with Crippen molar-refractivity contribution in [1.29, 1.82) is 0 Å². The van der Waals surface area contributed by atoms with Crippen molar-refractivity contribution in [3.8, 4) is 17.1 Å². The maximum atomic E-state index is 14.8. The Morgan fingerprint density at radius 2 is 1.82 bits per heavy atom. The minimum absolute atomic E-state index is 0.0184. The van der Waals surface area contributed by atoms with Gasteiger partial charge in [-0.05, 0) is 30.7 Å². The Hall–Kier alpha value is -3.99. The van der Waals surface area contributed by atoms with Gasteiger partial charge in [-0.25, -0.2) is 9.59 Å². The van der Waals surface area contributed by atoms with Gasteiger partial charge in [0.05, 0.1) is 5.02 Å². The second kappa shape index (κ2) is 8.75. The van der Waals surface area contributed by atoms with Crippen LogP contribution in [0.25, 0.3) is 22.3 Å². The highest BCUT2D eigenvalue weighted by Gasteiger charge is 2.33. The molecule has 4 rings (SSSR count). The number of halogens is 2. The summed E-state index contributed by atoms with van der Waals surface area (Å²) in [6.07, 6.45) is -0.511. The van der Waals surface area contributed by atoms with Crippen LogP contribution in [0.1, 0.15) is 31.1 Å². The van der Waals surface area contributed by atoms with E-state index in [-0.39, 0.29) is 45.9 Å². The minimum atomic E-state index is -1.11. The van der Waals surface area contributed by atoms with E-state index in [2.05, 4.69) is 0 Å². The van der Waals surface area contributed by atoms with Crippen molar-refractivity contribution in [3.63, 3.8) is 0 Å². The molecule has 1 saturated heterocycles. The number of imide groups is 1. The molecular weight excluding hydrogens is 477 g/mol. The highest BCUT2D eigenvalue weighted by molar-refractivity contribution is 6.33. The van der Waals surface area contributed by atoms with Crippen LogP contribution in [0, 0.1) is 12.7 Å². The predicted molar refractivity (Wildman–Crippen MR) is 112 cm³/mol. The van der Waals surface area contributed by atoms with E-state index in [0.29, 0.717) is 5.06 Å². The number of nitrogens with zero attached hydrogens (tertiary/aromatic N) is 1. The summed E-state index contributed by atoms with van der Waals surface area (Å²) < 4.78 is 30.3. The third kappa shape index (κ3) is 4.17. The van der Waals surface area contributed by atoms with E-state index < -0.39 is 52.9 Å². The van der Waals surface area contributed by atoms with E-state index in [4.69, 9.17) is 30.0 Å². The molecule has 1 fully saturated rings. The number of hydrogen-bond donors (Lipinski definition) is 0. The summed E-state index contributed by atoms with van der Waals surface area (Å²) in [5.74, 6) is -4.55. The second-order valence-corrected chi connectivity index (χ2v) is 7.76. The van der Waals surface area contributed by atoms with Gasteiger partial charge in [0, 0.05) is 25.2 Å². The van der Waals surface area contributed by atoms with Gasteiger partial charge in [-0.3, -0.25) is 14.4 Å². The van der Waals surface area contributed by atoms with E-state index >= 15 is 0 Å². The topological polar surface area (TPSA) is 133 Å². The van der Waals surface area contributed by atoms with Crippen molar-refractivity contribution in [3.05, 3.63) is 50.8 Å². The molecule has 0 N–H and O–H groups in total. The number of carbonyl (C=O) groups is 4. The molecule has 0 atom stereocenters. The number of ether oxygens (including phenoxy) is 1. The van der Waals surface area contributed by atoms with Crippen LogP contribution in [0.3, 0.4) is 0 Å². The number of aryl methyl sites for hydroxylation is 1. The van der Waals surface area contributed by atoms with E-state index in [1.165, 1.54) is 25.1 Å². The Morgan fingerprint density at radius 3 is 2.47 bits per heavy atom. The van der Waals surface area contributed by atoms with E-state index in [1.807, 2.05) is 0 Å². The van der Waals surface area contributed by atoms with E-state index in [0.717, 1.165) is 6.92 Å². The summed E-state index contributed by atoms with van der Waals surface area (Å²) >= 11 is 6.05. The number of benzene rings is 1. The van der Waals surface area contributed by atoms with Gasteiger partial charge in [0.2, 0.25) is 5.82 Å². The average molecular weight is 492 g/mol. The molecule has 2 amide bonds. The lowest BCUT2D eigenvalue weighted by atomic mass is 10.0. The largest absolute Gasteiger partial charge is 0.460 e. The van der Waals surface area contributed by atoms with Crippen LogP contribution < -0.4 is 10.4 Å². The molecule has 176 valence electrons. The molecule has 2 aromatic heterocycles. The number of furan rings is 1. The van der Waals surface area contributed by atoms with Crippen molar-refractivity contribution >= 4 is 46.3 Å². The number of amides is 2. The zero-order valence-corrected chi connectivity index (χ0v) is 18.5. The number of rotatable bonds is 5. The molecular formula is C22H15ClFNO9. The number of fused-ring (bicyclic) bond motifs is 1. The molecule has 0 saturated carbocycles. The smallest absolute Gasteiger partial charge is 0.347 e. The molecule has 3 heterocycles. The molecule has 12 heteroatoms. The zero-order valence-electron chi connectivity index (χ0n) is 17.7. The normalized spacial score (nSPS) is 13.6. The van der Waals surface area contributed by atoms with Gasteiger partial charge in [-0.2, -0.15) is 4.39 Å². The van der Waals surface area contributed by atoms with Gasteiger partial charge in [0.25, 0.3) is 11.8 Å². The molecule has 0 bridgehead atoms. The highest BCUT2D eigenvalue weighted by Crippen LogP contribution is 2.37. The van der Waals surface area contributed by atoms with Gasteiger partial charge < -0.3 is 18.4 Å². The van der Waals surface area contributed by atoms with Crippen LogP contribution in [0.15, 0.2) is 31.8 Å². The van der Waals surface area contributed by atoms with Gasteiger partial charge >= 0.3 is 17.6 Å². The van der Waals surface area contributed by atoms with Crippen molar-refractivity contribution in [1.82, 2.24) is 5.06 Å². The molecule has 1 aromatic carbocycles. The fourth-order valence-electron chi connectivity index (χ4n) is 3.46. The Balaban J connectivity index is 1.65. The fourth-order valence-corrected chi connectivity index (χ4v) is 3.69. The van der Waals surface area contributed by atoms with Crippen LogP contribution in [0.5, 0.6) is 5.75 Å². The standard InChI is InChI=1S/C22H15ClFNO9/c1-9-12-8-13(23)21(31-10(2)26)19(24)20(12)33-22(30)18(9)14-4-3-11(32-14)7-17(29)34-25-15(27)5-6-16(25)28/h3-4,8H,5-7H2,1-2H3. The van der Waals surface area contributed by atoms with Gasteiger partial charge in [0.1, 0.15) is 23.5 Å². The third-order valence-electron chi connectivity index (χ3n) is 4.98. The average Bonchev–Trinajstić information content (AvgIpc) is 3.33. The maximum Gasteiger partial charge on any atom is 0.347 e. The SMILES string of the molecule is CC(=O)Oc1c(Cl)cc2c(C)c(-c3ccc(CC(=O)ON4C(=O)CCC4=O)o3)c(=O)oc2c1F. The van der Waals surface area contributed by atoms with Crippen molar-refractivity contribution in [2.24, 2.45) is 0 Å². The highest BCUT2D eigenvalue weighted by atomic mass is 35.5. The first-order chi connectivity index (χ1) is 16.1. The number of carbonyl (C=O) groups excluding carboxylic acids is 4. The molecule has 3 aromatic rings. The van der Waals surface area contributed by atoms with E-state index in [9.17, 15) is 28.4 Å². The van der Waals surface area contributed by atoms with Crippen molar-refractivity contribution < 1.29 is 42.0 Å². The lowest BCUT2D eigenvalue weighted by molar-refractivity contribution is -0.197. The van der Waals surface area contributed by atoms with Crippen molar-refractivity contribution in [2.45, 2.75) is 33.1 Å². The first-order valence-corrected chi connectivity index (χ1v) is 10.2. The van der Waals surface area contributed by atoms with Gasteiger partial charge in [0.15, 0.2) is 11.3 Å². The molecule has 0 unspecified atom stereocenters. The molecule has 0 aliphatic carbocycles. The first kappa shape index (κ1) is 23.2. The molecule has 0 spiro atoms. The third-order valence-corrected chi connectivity index (χ3v) is 5.26. The summed E-state index contributed by atoms with van der Waals surface area (Å²) in [5, 5.41) is 0.338. The van der Waals surface area contributed by atoms with Crippen LogP contribution in [0.2, 0.25) is 5.02 Å². The summed E-state index contributed by atoms with van der Waals surface area (Å²) in [4.78, 5) is 63.9. The van der Waals surface area contributed by atoms with Crippen LogP contribution >= 0.6 is 11.6 Å².